The summed E-state index contributed by atoms with van der Waals surface area (Å²) in [7, 11) is 0. The molecule has 1 atom stereocenters. The van der Waals surface area contributed by atoms with E-state index in [9.17, 15) is 9.90 Å². The van der Waals surface area contributed by atoms with E-state index >= 15 is 0 Å². The Hall–Kier alpha value is -1.20. The van der Waals surface area contributed by atoms with Crippen LogP contribution in [-0.4, -0.2) is 45.3 Å². The van der Waals surface area contributed by atoms with Crippen LogP contribution in [0, 0.1) is 0 Å². The molecule has 0 spiro atoms. The number of aliphatic hydroxyl groups excluding tert-OH is 1. The molecular weight excluding hydrogens is 218 g/mol. The van der Waals surface area contributed by atoms with Crippen LogP contribution in [0.3, 0.4) is 0 Å². The van der Waals surface area contributed by atoms with Gasteiger partial charge in [-0.3, -0.25) is 4.79 Å². The van der Waals surface area contributed by atoms with E-state index in [-0.39, 0.29) is 16.8 Å². The molecule has 6 heteroatoms. The summed E-state index contributed by atoms with van der Waals surface area (Å²) in [4.78, 5) is 13.3. The summed E-state index contributed by atoms with van der Waals surface area (Å²) in [6.07, 6.45) is 0.196. The molecule has 80 valence electrons. The number of likely N-dealkylation sites (tertiary alicyclic amines) is 1. The number of β-amino-alcohol motifs (C(OH)–C–C–N with tert-alkyl or cyclic N) is 1. The first-order valence-corrected chi connectivity index (χ1v) is 5.01. The van der Waals surface area contributed by atoms with Crippen LogP contribution < -0.4 is 0 Å². The smallest absolute Gasteiger partial charge is 0.274 e. The predicted octanol–water partition coefficient (Wildman–Crippen LogP) is 0.337. The van der Waals surface area contributed by atoms with Crippen LogP contribution in [0.25, 0.3) is 0 Å². The van der Waals surface area contributed by atoms with Crippen molar-refractivity contribution in [1.29, 1.82) is 0 Å². The molecule has 1 amide bonds. The highest BCUT2D eigenvalue weighted by molar-refractivity contribution is 6.29. The van der Waals surface area contributed by atoms with Crippen molar-refractivity contribution in [3.63, 3.8) is 0 Å². The largest absolute Gasteiger partial charge is 0.391 e. The van der Waals surface area contributed by atoms with E-state index in [2.05, 4.69) is 10.2 Å². The van der Waals surface area contributed by atoms with Gasteiger partial charge in [-0.15, -0.1) is 10.2 Å². The van der Waals surface area contributed by atoms with Crippen molar-refractivity contribution in [3.8, 4) is 0 Å². The molecule has 1 fully saturated rings. The minimum atomic E-state index is -0.422. The van der Waals surface area contributed by atoms with E-state index in [1.807, 2.05) is 0 Å². The number of rotatable bonds is 1. The Kier molecular flexibility index (Phi) is 2.83. The molecule has 5 nitrogen and oxygen atoms in total. The van der Waals surface area contributed by atoms with Gasteiger partial charge in [0.15, 0.2) is 10.8 Å². The molecule has 0 aliphatic carbocycles. The van der Waals surface area contributed by atoms with E-state index in [0.717, 1.165) is 0 Å². The molecule has 2 heterocycles. The number of halogens is 1. The first kappa shape index (κ1) is 10.3. The van der Waals surface area contributed by atoms with Crippen molar-refractivity contribution < 1.29 is 9.90 Å². The number of aromatic nitrogens is 2. The molecule has 0 aromatic carbocycles. The van der Waals surface area contributed by atoms with Gasteiger partial charge in [0.1, 0.15) is 0 Å². The Balaban J connectivity index is 2.11. The molecule has 0 bridgehead atoms. The van der Waals surface area contributed by atoms with E-state index < -0.39 is 6.10 Å². The molecule has 2 rings (SSSR count). The lowest BCUT2D eigenvalue weighted by Gasteiger charge is -2.13. The SMILES string of the molecule is O=C(c1ccc(Cl)nn1)N1CCC(O)C1. The molecule has 1 aromatic rings. The summed E-state index contributed by atoms with van der Waals surface area (Å²) in [5.74, 6) is -0.212. The van der Waals surface area contributed by atoms with E-state index in [0.29, 0.717) is 19.5 Å². The average Bonchev–Trinajstić information content (AvgIpc) is 2.65. The molecule has 1 saturated heterocycles. The van der Waals surface area contributed by atoms with Gasteiger partial charge in [-0.25, -0.2) is 0 Å². The normalized spacial score (nSPS) is 20.7. The first-order valence-electron chi connectivity index (χ1n) is 4.63. The fraction of sp³-hybridized carbons (Fsp3) is 0.444. The van der Waals surface area contributed by atoms with E-state index in [4.69, 9.17) is 11.6 Å². The third kappa shape index (κ3) is 2.24. The number of hydrogen-bond donors (Lipinski definition) is 1. The molecule has 1 aliphatic heterocycles. The van der Waals surface area contributed by atoms with Gasteiger partial charge in [-0.2, -0.15) is 0 Å². The topological polar surface area (TPSA) is 66.3 Å². The Labute approximate surface area is 91.7 Å². The Morgan fingerprint density at radius 2 is 2.33 bits per heavy atom. The highest BCUT2D eigenvalue weighted by Gasteiger charge is 2.26. The van der Waals surface area contributed by atoms with Gasteiger partial charge in [-0.1, -0.05) is 11.6 Å². The minimum Gasteiger partial charge on any atom is -0.391 e. The number of carbonyl (C=O) groups excluding carboxylic acids is 1. The molecule has 1 N–H and O–H groups in total. The number of aliphatic hydroxyl groups is 1. The Morgan fingerprint density at radius 1 is 1.53 bits per heavy atom. The maximum Gasteiger partial charge on any atom is 0.274 e. The summed E-state index contributed by atoms with van der Waals surface area (Å²) in [5, 5.41) is 16.8. The lowest BCUT2D eigenvalue weighted by molar-refractivity contribution is 0.0758. The van der Waals surface area contributed by atoms with Crippen LogP contribution in [0.5, 0.6) is 0 Å². The lowest BCUT2D eigenvalue weighted by Crippen LogP contribution is -2.30. The van der Waals surface area contributed by atoms with Gasteiger partial charge < -0.3 is 10.0 Å². The van der Waals surface area contributed by atoms with Crippen molar-refractivity contribution in [2.24, 2.45) is 0 Å². The van der Waals surface area contributed by atoms with Gasteiger partial charge in [-0.05, 0) is 18.6 Å². The number of amides is 1. The van der Waals surface area contributed by atoms with Crippen molar-refractivity contribution in [2.45, 2.75) is 12.5 Å². The van der Waals surface area contributed by atoms with Gasteiger partial charge in [0.05, 0.1) is 6.10 Å². The van der Waals surface area contributed by atoms with Crippen LogP contribution in [0.15, 0.2) is 12.1 Å². The third-order valence-electron chi connectivity index (χ3n) is 2.30. The monoisotopic (exact) mass is 227 g/mol. The molecule has 1 aliphatic rings. The molecule has 15 heavy (non-hydrogen) atoms. The Morgan fingerprint density at radius 3 is 2.87 bits per heavy atom. The number of nitrogens with zero attached hydrogens (tertiary/aromatic N) is 3. The quantitative estimate of drug-likeness (QED) is 0.751. The summed E-state index contributed by atoms with van der Waals surface area (Å²) in [5.41, 5.74) is 0.258. The van der Waals surface area contributed by atoms with Gasteiger partial charge in [0.25, 0.3) is 5.91 Å². The molecule has 0 radical (unpaired) electrons. The number of carbonyl (C=O) groups is 1. The summed E-state index contributed by atoms with van der Waals surface area (Å²) < 4.78 is 0. The zero-order chi connectivity index (χ0) is 10.8. The van der Waals surface area contributed by atoms with E-state index in [1.165, 1.54) is 12.1 Å². The van der Waals surface area contributed by atoms with Crippen molar-refractivity contribution >= 4 is 17.5 Å². The summed E-state index contributed by atoms with van der Waals surface area (Å²) in [6.45, 7) is 0.924. The second kappa shape index (κ2) is 4.12. The Bertz CT molecular complexity index is 368. The van der Waals surface area contributed by atoms with Gasteiger partial charge >= 0.3 is 0 Å². The van der Waals surface area contributed by atoms with Crippen LogP contribution in [0.1, 0.15) is 16.9 Å². The average molecular weight is 228 g/mol. The molecular formula is C9H10ClN3O2. The maximum atomic E-state index is 11.8. The summed E-state index contributed by atoms with van der Waals surface area (Å²) in [6, 6.07) is 3.05. The maximum absolute atomic E-state index is 11.8. The molecule has 1 unspecified atom stereocenters. The third-order valence-corrected chi connectivity index (χ3v) is 2.50. The van der Waals surface area contributed by atoms with Gasteiger partial charge in [0.2, 0.25) is 0 Å². The molecule has 0 saturated carbocycles. The number of hydrogen-bond acceptors (Lipinski definition) is 4. The predicted molar refractivity (Wildman–Crippen MR) is 53.6 cm³/mol. The zero-order valence-electron chi connectivity index (χ0n) is 7.93. The van der Waals surface area contributed by atoms with Crippen molar-refractivity contribution in [1.82, 2.24) is 15.1 Å². The van der Waals surface area contributed by atoms with Crippen LogP contribution in [0.2, 0.25) is 5.15 Å². The van der Waals surface area contributed by atoms with Crippen LogP contribution >= 0.6 is 11.6 Å². The first-order chi connectivity index (χ1) is 7.16. The lowest BCUT2D eigenvalue weighted by atomic mass is 10.3. The fourth-order valence-electron chi connectivity index (χ4n) is 1.52. The van der Waals surface area contributed by atoms with Crippen molar-refractivity contribution in [2.75, 3.05) is 13.1 Å². The minimum absolute atomic E-state index is 0.212. The van der Waals surface area contributed by atoms with Crippen LogP contribution in [0.4, 0.5) is 0 Å². The zero-order valence-corrected chi connectivity index (χ0v) is 8.68. The summed E-state index contributed by atoms with van der Waals surface area (Å²) >= 11 is 5.56. The molecule has 1 aromatic heterocycles. The van der Waals surface area contributed by atoms with Crippen LogP contribution in [-0.2, 0) is 0 Å². The highest BCUT2D eigenvalue weighted by Crippen LogP contribution is 2.12. The highest BCUT2D eigenvalue weighted by atomic mass is 35.5. The van der Waals surface area contributed by atoms with Gasteiger partial charge in [0, 0.05) is 13.1 Å². The van der Waals surface area contributed by atoms with E-state index in [1.54, 1.807) is 4.90 Å². The van der Waals surface area contributed by atoms with Crippen molar-refractivity contribution in [3.05, 3.63) is 23.0 Å². The fourth-order valence-corrected chi connectivity index (χ4v) is 1.62. The standard InChI is InChI=1S/C9H10ClN3O2/c10-8-2-1-7(11-12-8)9(15)13-4-3-6(14)5-13/h1-2,6,14H,3-5H2. The second-order valence-electron chi connectivity index (χ2n) is 3.43. The second-order valence-corrected chi connectivity index (χ2v) is 3.82.